The summed E-state index contributed by atoms with van der Waals surface area (Å²) in [5, 5.41) is 3.22. The third-order valence-corrected chi connectivity index (χ3v) is 6.68. The van der Waals surface area contributed by atoms with E-state index in [1.54, 1.807) is 6.20 Å². The molecule has 1 aromatic heterocycles. The smallest absolute Gasteiger partial charge is 0.223 e. The Balaban J connectivity index is 1.66. The number of piperidine rings is 1. The SMILES string of the molecule is CS(=O)(=O)N1CCC(C(=O)N[C@@H](c2cccnc2)C2CCOCC2)CC1. The summed E-state index contributed by atoms with van der Waals surface area (Å²) in [6.45, 7) is 2.24. The van der Waals surface area contributed by atoms with Crippen LogP contribution < -0.4 is 5.32 Å². The van der Waals surface area contributed by atoms with Crippen LogP contribution in [0, 0.1) is 11.8 Å². The first-order valence-electron chi connectivity index (χ1n) is 9.18. The molecule has 26 heavy (non-hydrogen) atoms. The minimum absolute atomic E-state index is 0.0125. The number of hydrogen-bond acceptors (Lipinski definition) is 5. The highest BCUT2D eigenvalue weighted by Gasteiger charge is 2.32. The number of carbonyl (C=O) groups excluding carboxylic acids is 1. The van der Waals surface area contributed by atoms with E-state index in [0.717, 1.165) is 18.4 Å². The minimum Gasteiger partial charge on any atom is -0.381 e. The van der Waals surface area contributed by atoms with Crippen LogP contribution in [0.2, 0.25) is 0 Å². The van der Waals surface area contributed by atoms with Crippen molar-refractivity contribution in [2.45, 2.75) is 31.7 Å². The second-order valence-electron chi connectivity index (χ2n) is 7.16. The molecule has 3 heterocycles. The lowest BCUT2D eigenvalue weighted by Crippen LogP contribution is -2.44. The summed E-state index contributed by atoms with van der Waals surface area (Å²) in [5.41, 5.74) is 1.02. The highest BCUT2D eigenvalue weighted by molar-refractivity contribution is 7.88. The molecule has 7 nitrogen and oxygen atoms in total. The molecular weight excluding hydrogens is 354 g/mol. The molecule has 0 spiro atoms. The molecule has 2 aliphatic rings. The summed E-state index contributed by atoms with van der Waals surface area (Å²) in [5.74, 6) is 0.193. The maximum atomic E-state index is 12.9. The fourth-order valence-corrected chi connectivity index (χ4v) is 4.68. The number of nitrogens with one attached hydrogen (secondary N) is 1. The first-order chi connectivity index (χ1) is 12.4. The number of carbonyl (C=O) groups is 1. The largest absolute Gasteiger partial charge is 0.381 e. The van der Waals surface area contributed by atoms with Gasteiger partial charge in [0.15, 0.2) is 0 Å². The highest BCUT2D eigenvalue weighted by atomic mass is 32.2. The summed E-state index contributed by atoms with van der Waals surface area (Å²) >= 11 is 0. The Labute approximate surface area is 155 Å². The molecule has 1 aromatic rings. The summed E-state index contributed by atoms with van der Waals surface area (Å²) < 4.78 is 30.2. The van der Waals surface area contributed by atoms with Gasteiger partial charge < -0.3 is 10.1 Å². The lowest BCUT2D eigenvalue weighted by molar-refractivity contribution is -0.127. The second kappa shape index (κ2) is 8.45. The predicted octanol–water partition coefficient (Wildman–Crippen LogP) is 1.34. The minimum atomic E-state index is -3.18. The monoisotopic (exact) mass is 381 g/mol. The number of rotatable bonds is 5. The van der Waals surface area contributed by atoms with Crippen molar-refractivity contribution in [3.8, 4) is 0 Å². The van der Waals surface area contributed by atoms with Crippen LogP contribution in [-0.4, -0.2) is 56.2 Å². The average Bonchev–Trinajstić information content (AvgIpc) is 2.67. The Morgan fingerprint density at radius 2 is 1.96 bits per heavy atom. The quantitative estimate of drug-likeness (QED) is 0.831. The van der Waals surface area contributed by atoms with Gasteiger partial charge >= 0.3 is 0 Å². The third kappa shape index (κ3) is 4.81. The van der Waals surface area contributed by atoms with Crippen LogP contribution >= 0.6 is 0 Å². The molecule has 0 bridgehead atoms. The average molecular weight is 381 g/mol. The zero-order valence-corrected chi connectivity index (χ0v) is 16.0. The first-order valence-corrected chi connectivity index (χ1v) is 11.0. The fraction of sp³-hybridized carbons (Fsp3) is 0.667. The van der Waals surface area contributed by atoms with E-state index < -0.39 is 10.0 Å². The Hall–Kier alpha value is -1.51. The predicted molar refractivity (Wildman–Crippen MR) is 97.8 cm³/mol. The van der Waals surface area contributed by atoms with E-state index in [0.29, 0.717) is 45.1 Å². The molecule has 3 rings (SSSR count). The van der Waals surface area contributed by atoms with Gasteiger partial charge in [0.25, 0.3) is 0 Å². The van der Waals surface area contributed by atoms with E-state index in [2.05, 4.69) is 10.3 Å². The van der Waals surface area contributed by atoms with E-state index in [4.69, 9.17) is 4.74 Å². The molecule has 0 unspecified atom stereocenters. The van der Waals surface area contributed by atoms with Crippen LogP contribution in [0.15, 0.2) is 24.5 Å². The molecule has 0 radical (unpaired) electrons. The normalized spacial score (nSPS) is 22.0. The van der Waals surface area contributed by atoms with Crippen molar-refractivity contribution in [2.24, 2.45) is 11.8 Å². The van der Waals surface area contributed by atoms with Gasteiger partial charge in [0, 0.05) is 44.6 Å². The number of amides is 1. The van der Waals surface area contributed by atoms with E-state index in [1.807, 2.05) is 18.3 Å². The molecule has 8 heteroatoms. The second-order valence-corrected chi connectivity index (χ2v) is 9.14. The molecule has 2 saturated heterocycles. The van der Waals surface area contributed by atoms with Gasteiger partial charge in [-0.3, -0.25) is 9.78 Å². The summed E-state index contributed by atoms with van der Waals surface area (Å²) in [4.78, 5) is 17.1. The van der Waals surface area contributed by atoms with Gasteiger partial charge in [0.1, 0.15) is 0 Å². The van der Waals surface area contributed by atoms with E-state index in [-0.39, 0.29) is 17.9 Å². The van der Waals surface area contributed by atoms with Crippen LogP contribution in [0.1, 0.15) is 37.3 Å². The van der Waals surface area contributed by atoms with Crippen LogP contribution in [-0.2, 0) is 19.6 Å². The zero-order valence-electron chi connectivity index (χ0n) is 15.1. The Kier molecular flexibility index (Phi) is 6.26. The zero-order chi connectivity index (χ0) is 18.6. The van der Waals surface area contributed by atoms with Crippen molar-refractivity contribution < 1.29 is 17.9 Å². The van der Waals surface area contributed by atoms with Gasteiger partial charge in [0.05, 0.1) is 12.3 Å². The molecule has 2 fully saturated rings. The summed E-state index contributed by atoms with van der Waals surface area (Å²) in [6, 6.07) is 3.81. The van der Waals surface area contributed by atoms with Crippen LogP contribution in [0.5, 0.6) is 0 Å². The maximum absolute atomic E-state index is 12.9. The van der Waals surface area contributed by atoms with Gasteiger partial charge in [-0.1, -0.05) is 6.07 Å². The molecule has 0 aromatic carbocycles. The molecule has 144 valence electrons. The molecule has 1 atom stereocenters. The molecule has 1 N–H and O–H groups in total. The van der Waals surface area contributed by atoms with E-state index in [1.165, 1.54) is 10.6 Å². The van der Waals surface area contributed by atoms with E-state index in [9.17, 15) is 13.2 Å². The van der Waals surface area contributed by atoms with Gasteiger partial charge in [-0.2, -0.15) is 0 Å². The first kappa shape index (κ1) is 19.3. The topological polar surface area (TPSA) is 88.6 Å². The number of sulfonamides is 1. The van der Waals surface area contributed by atoms with Gasteiger partial charge in [-0.05, 0) is 43.2 Å². The van der Waals surface area contributed by atoms with Crippen molar-refractivity contribution in [1.82, 2.24) is 14.6 Å². The van der Waals surface area contributed by atoms with Crippen molar-refractivity contribution in [3.63, 3.8) is 0 Å². The number of ether oxygens (including phenoxy) is 1. The number of nitrogens with zero attached hydrogens (tertiary/aromatic N) is 2. The van der Waals surface area contributed by atoms with Gasteiger partial charge in [-0.15, -0.1) is 0 Å². The number of aromatic nitrogens is 1. The lowest BCUT2D eigenvalue weighted by Gasteiger charge is -2.34. The number of pyridine rings is 1. The lowest BCUT2D eigenvalue weighted by atomic mass is 9.86. The molecule has 2 aliphatic heterocycles. The third-order valence-electron chi connectivity index (χ3n) is 5.37. The Morgan fingerprint density at radius 1 is 1.27 bits per heavy atom. The standard InChI is InChI=1S/C18H27N3O4S/c1-26(23,24)21-9-4-15(5-10-21)18(22)20-17(14-6-11-25-12-7-14)16-3-2-8-19-13-16/h2-3,8,13-15,17H,4-7,9-12H2,1H3,(H,20,22)/t17-/m1/s1. The van der Waals surface area contributed by atoms with Crippen molar-refractivity contribution >= 4 is 15.9 Å². The summed E-state index contributed by atoms with van der Waals surface area (Å²) in [6.07, 6.45) is 7.70. The van der Waals surface area contributed by atoms with E-state index >= 15 is 0 Å². The fourth-order valence-electron chi connectivity index (χ4n) is 3.80. The molecular formula is C18H27N3O4S. The van der Waals surface area contributed by atoms with Crippen molar-refractivity contribution in [3.05, 3.63) is 30.1 Å². The maximum Gasteiger partial charge on any atom is 0.223 e. The van der Waals surface area contributed by atoms with Gasteiger partial charge in [0.2, 0.25) is 15.9 Å². The highest BCUT2D eigenvalue weighted by Crippen LogP contribution is 2.31. The van der Waals surface area contributed by atoms with Gasteiger partial charge in [-0.25, -0.2) is 12.7 Å². The molecule has 1 amide bonds. The molecule has 0 aliphatic carbocycles. The van der Waals surface area contributed by atoms with Crippen LogP contribution in [0.3, 0.4) is 0 Å². The summed E-state index contributed by atoms with van der Waals surface area (Å²) in [7, 11) is -3.18. The molecule has 0 saturated carbocycles. The van der Waals surface area contributed by atoms with Crippen LogP contribution in [0.25, 0.3) is 0 Å². The Morgan fingerprint density at radius 3 is 2.54 bits per heavy atom. The van der Waals surface area contributed by atoms with Crippen LogP contribution in [0.4, 0.5) is 0 Å². The van der Waals surface area contributed by atoms with Crippen molar-refractivity contribution in [2.75, 3.05) is 32.6 Å². The van der Waals surface area contributed by atoms with Crippen molar-refractivity contribution in [1.29, 1.82) is 0 Å². The number of hydrogen-bond donors (Lipinski definition) is 1. The Bertz CT molecular complexity index is 696.